The van der Waals surface area contributed by atoms with Crippen LogP contribution >= 0.6 is 0 Å². The van der Waals surface area contributed by atoms with Gasteiger partial charge in [-0.2, -0.15) is 8.78 Å². The summed E-state index contributed by atoms with van der Waals surface area (Å²) in [4.78, 5) is 0. The van der Waals surface area contributed by atoms with Crippen LogP contribution in [0.2, 0.25) is 0 Å². The van der Waals surface area contributed by atoms with Crippen LogP contribution in [0, 0.1) is 5.82 Å². The molecule has 2 aromatic rings. The predicted octanol–water partition coefficient (Wildman–Crippen LogP) is 5.50. The molecule has 0 radical (unpaired) electrons. The minimum absolute atomic E-state index is 0.277. The van der Waals surface area contributed by atoms with Crippen LogP contribution in [0.1, 0.15) is 39.7 Å². The van der Waals surface area contributed by atoms with E-state index in [-0.39, 0.29) is 12.2 Å². The Labute approximate surface area is 164 Å². The summed E-state index contributed by atoms with van der Waals surface area (Å²) in [5, 5.41) is 0. The van der Waals surface area contributed by atoms with Gasteiger partial charge in [0.1, 0.15) is 5.82 Å². The van der Waals surface area contributed by atoms with E-state index >= 15 is 0 Å². The number of allylic oxidation sites excluding steroid dienone is 1. The minimum atomic E-state index is -1.67. The summed E-state index contributed by atoms with van der Waals surface area (Å²) in [5.41, 5.74) is 1.80. The average Bonchev–Trinajstić information content (AvgIpc) is 2.83. The molecule has 0 unspecified atom stereocenters. The van der Waals surface area contributed by atoms with Gasteiger partial charge in [-0.15, -0.1) is 0 Å². The van der Waals surface area contributed by atoms with E-state index in [0.717, 1.165) is 17.2 Å². The molecule has 0 bridgehead atoms. The van der Waals surface area contributed by atoms with Gasteiger partial charge in [-0.25, -0.2) is 4.39 Å². The molecule has 28 heavy (non-hydrogen) atoms. The van der Waals surface area contributed by atoms with Crippen molar-refractivity contribution in [1.29, 1.82) is 0 Å². The second-order valence-electron chi connectivity index (χ2n) is 8.06. The molecule has 2 aromatic carbocycles. The number of aryl methyl sites for hydroxylation is 1. The number of benzene rings is 2. The molecule has 0 atom stereocenters. The lowest BCUT2D eigenvalue weighted by Crippen LogP contribution is -2.41. The average molecular weight is 388 g/mol. The van der Waals surface area contributed by atoms with Gasteiger partial charge in [0.2, 0.25) is 0 Å². The van der Waals surface area contributed by atoms with Crippen molar-refractivity contribution in [2.45, 2.75) is 51.7 Å². The molecule has 1 saturated heterocycles. The number of halogens is 3. The van der Waals surface area contributed by atoms with E-state index in [4.69, 9.17) is 9.31 Å². The zero-order valence-corrected chi connectivity index (χ0v) is 16.6. The van der Waals surface area contributed by atoms with Crippen molar-refractivity contribution in [2.75, 3.05) is 0 Å². The van der Waals surface area contributed by atoms with E-state index in [1.54, 1.807) is 18.2 Å². The van der Waals surface area contributed by atoms with Gasteiger partial charge in [-0.1, -0.05) is 36.4 Å². The highest BCUT2D eigenvalue weighted by Crippen LogP contribution is 2.36. The maximum absolute atomic E-state index is 14.8. The van der Waals surface area contributed by atoms with Crippen molar-refractivity contribution in [3.05, 3.63) is 66.0 Å². The van der Waals surface area contributed by atoms with E-state index in [2.05, 4.69) is 0 Å². The Balaban J connectivity index is 1.75. The van der Waals surface area contributed by atoms with Crippen LogP contribution in [-0.2, 0) is 15.7 Å². The molecule has 0 N–H and O–H groups in total. The minimum Gasteiger partial charge on any atom is -0.399 e. The lowest BCUT2D eigenvalue weighted by atomic mass is 9.78. The third kappa shape index (κ3) is 4.34. The van der Waals surface area contributed by atoms with Gasteiger partial charge in [-0.3, -0.25) is 0 Å². The van der Waals surface area contributed by atoms with Gasteiger partial charge < -0.3 is 9.31 Å². The SMILES string of the molecule is CC1(C)OB(c2ccc(-c3ccc(CCC=C(F)F)cc3)c(F)c2)OC1(C)C. The van der Waals surface area contributed by atoms with Gasteiger partial charge in [0, 0.05) is 5.56 Å². The Hall–Kier alpha value is -2.05. The molecule has 1 heterocycles. The fourth-order valence-corrected chi connectivity index (χ4v) is 3.09. The summed E-state index contributed by atoms with van der Waals surface area (Å²) in [5.74, 6) is -0.359. The summed E-state index contributed by atoms with van der Waals surface area (Å²) in [7, 11) is -0.611. The highest BCUT2D eigenvalue weighted by atomic mass is 19.3. The Morgan fingerprint density at radius 3 is 2.11 bits per heavy atom. The zero-order chi connectivity index (χ0) is 20.5. The molecule has 1 aliphatic rings. The number of hydrogen-bond acceptors (Lipinski definition) is 2. The molecule has 0 saturated carbocycles. The molecule has 0 amide bonds. The molecule has 6 heteroatoms. The highest BCUT2D eigenvalue weighted by Gasteiger charge is 2.51. The largest absolute Gasteiger partial charge is 0.494 e. The van der Waals surface area contributed by atoms with Crippen LogP contribution in [0.25, 0.3) is 11.1 Å². The Morgan fingerprint density at radius 2 is 1.57 bits per heavy atom. The maximum Gasteiger partial charge on any atom is 0.494 e. The molecule has 1 fully saturated rings. The predicted molar refractivity (Wildman–Crippen MR) is 106 cm³/mol. The third-order valence-electron chi connectivity index (χ3n) is 5.52. The van der Waals surface area contributed by atoms with Crippen LogP contribution in [0.4, 0.5) is 13.2 Å². The van der Waals surface area contributed by atoms with E-state index in [0.29, 0.717) is 17.4 Å². The molecule has 0 spiro atoms. The summed E-state index contributed by atoms with van der Waals surface area (Å²) < 4.78 is 50.9. The second kappa shape index (κ2) is 7.76. The highest BCUT2D eigenvalue weighted by molar-refractivity contribution is 6.62. The van der Waals surface area contributed by atoms with Crippen molar-refractivity contribution in [2.24, 2.45) is 0 Å². The van der Waals surface area contributed by atoms with E-state index in [1.807, 2.05) is 45.9 Å². The van der Waals surface area contributed by atoms with Crippen molar-refractivity contribution in [3.8, 4) is 11.1 Å². The van der Waals surface area contributed by atoms with Crippen LogP contribution in [0.5, 0.6) is 0 Å². The molecule has 2 nitrogen and oxygen atoms in total. The second-order valence-corrected chi connectivity index (χ2v) is 8.06. The Kier molecular flexibility index (Phi) is 5.73. The maximum atomic E-state index is 14.8. The molecule has 0 aromatic heterocycles. The zero-order valence-electron chi connectivity index (χ0n) is 16.6. The quantitative estimate of drug-likeness (QED) is 0.630. The van der Waals surface area contributed by atoms with E-state index in [9.17, 15) is 13.2 Å². The smallest absolute Gasteiger partial charge is 0.399 e. The van der Waals surface area contributed by atoms with E-state index in [1.165, 1.54) is 6.07 Å². The summed E-state index contributed by atoms with van der Waals surface area (Å²) in [6.45, 7) is 7.82. The molecular formula is C22H24BF3O2. The first kappa shape index (κ1) is 20.7. The molecular weight excluding hydrogens is 364 g/mol. The van der Waals surface area contributed by atoms with Gasteiger partial charge in [-0.05, 0) is 69.3 Å². The number of hydrogen-bond donors (Lipinski definition) is 0. The van der Waals surface area contributed by atoms with Crippen LogP contribution in [0.3, 0.4) is 0 Å². The van der Waals surface area contributed by atoms with Crippen molar-refractivity contribution in [1.82, 2.24) is 0 Å². The molecule has 1 aliphatic heterocycles. The molecule has 3 rings (SSSR count). The van der Waals surface area contributed by atoms with Crippen molar-refractivity contribution >= 4 is 12.6 Å². The van der Waals surface area contributed by atoms with Gasteiger partial charge in [0.25, 0.3) is 6.08 Å². The Bertz CT molecular complexity index is 856. The summed E-state index contributed by atoms with van der Waals surface area (Å²) in [6.07, 6.45) is 0.0303. The van der Waals surface area contributed by atoms with Crippen molar-refractivity contribution < 1.29 is 22.5 Å². The first-order valence-corrected chi connectivity index (χ1v) is 9.35. The van der Waals surface area contributed by atoms with Gasteiger partial charge in [0.05, 0.1) is 11.2 Å². The first-order chi connectivity index (χ1) is 13.1. The van der Waals surface area contributed by atoms with Gasteiger partial charge >= 0.3 is 7.12 Å². The summed E-state index contributed by atoms with van der Waals surface area (Å²) in [6, 6.07) is 12.2. The number of rotatable bonds is 5. The first-order valence-electron chi connectivity index (χ1n) is 9.35. The van der Waals surface area contributed by atoms with Crippen molar-refractivity contribution in [3.63, 3.8) is 0 Å². The third-order valence-corrected chi connectivity index (χ3v) is 5.52. The van der Waals surface area contributed by atoms with Crippen LogP contribution in [-0.4, -0.2) is 18.3 Å². The lowest BCUT2D eigenvalue weighted by molar-refractivity contribution is 0.00578. The van der Waals surface area contributed by atoms with Crippen LogP contribution in [0.15, 0.2) is 54.6 Å². The van der Waals surface area contributed by atoms with E-state index < -0.39 is 24.4 Å². The normalized spacial score (nSPS) is 17.6. The lowest BCUT2D eigenvalue weighted by Gasteiger charge is -2.32. The van der Waals surface area contributed by atoms with Crippen LogP contribution < -0.4 is 5.46 Å². The standard InChI is InChI=1S/C22H24BF3O2/c1-21(2)22(3,4)28-23(27-21)17-12-13-18(19(24)14-17)16-10-8-15(9-11-16)6-5-7-20(25)26/h7-14H,5-6H2,1-4H3. The fraction of sp³-hybridized carbons (Fsp3) is 0.364. The summed E-state index contributed by atoms with van der Waals surface area (Å²) >= 11 is 0. The monoisotopic (exact) mass is 388 g/mol. The molecule has 0 aliphatic carbocycles. The molecule has 148 valence electrons. The Morgan fingerprint density at radius 1 is 0.964 bits per heavy atom. The fourth-order valence-electron chi connectivity index (χ4n) is 3.09. The topological polar surface area (TPSA) is 18.5 Å². The van der Waals surface area contributed by atoms with Gasteiger partial charge in [0.15, 0.2) is 0 Å².